The molecule has 0 aliphatic heterocycles. The maximum atomic E-state index is 12.9. The van der Waals surface area contributed by atoms with Gasteiger partial charge < -0.3 is 4.74 Å². The fraction of sp³-hybridized carbons (Fsp3) is 0.389. The Kier molecular flexibility index (Phi) is 5.46. The lowest BCUT2D eigenvalue weighted by Crippen LogP contribution is -2.27. The first-order chi connectivity index (χ1) is 11.8. The topological polar surface area (TPSA) is 87.0 Å². The Labute approximate surface area is 146 Å². The van der Waals surface area contributed by atoms with E-state index >= 15 is 0 Å². The maximum Gasteiger partial charge on any atom is 0.201 e. The van der Waals surface area contributed by atoms with Gasteiger partial charge in [0, 0.05) is 11.0 Å². The fourth-order valence-electron chi connectivity index (χ4n) is 2.17. The van der Waals surface area contributed by atoms with E-state index in [-0.39, 0.29) is 11.4 Å². The standard InChI is InChI=1S/C18H22N4O3/c1-6-25-9-14(17(24)18(3,4)5)16(23)13-7-8-15(21-12(13)2)22-11-19-10-20-22/h7-11H,6H2,1-5H3. The Morgan fingerprint density at radius 2 is 2.00 bits per heavy atom. The zero-order valence-electron chi connectivity index (χ0n) is 15.1. The minimum Gasteiger partial charge on any atom is -0.501 e. The molecule has 0 aliphatic carbocycles. The van der Waals surface area contributed by atoms with Crippen molar-refractivity contribution in [1.82, 2.24) is 19.7 Å². The molecule has 2 rings (SSSR count). The molecule has 0 N–H and O–H groups in total. The highest BCUT2D eigenvalue weighted by Gasteiger charge is 2.31. The summed E-state index contributed by atoms with van der Waals surface area (Å²) < 4.78 is 6.73. The molecule has 0 fully saturated rings. The summed E-state index contributed by atoms with van der Waals surface area (Å²) in [4.78, 5) is 33.8. The van der Waals surface area contributed by atoms with Gasteiger partial charge in [-0.2, -0.15) is 5.10 Å². The Morgan fingerprint density at radius 1 is 1.28 bits per heavy atom. The average molecular weight is 342 g/mol. The summed E-state index contributed by atoms with van der Waals surface area (Å²) in [6, 6.07) is 3.30. The quantitative estimate of drug-likeness (QED) is 0.264. The van der Waals surface area contributed by atoms with Crippen LogP contribution in [0.5, 0.6) is 0 Å². The number of rotatable bonds is 6. The lowest BCUT2D eigenvalue weighted by molar-refractivity contribution is -0.122. The van der Waals surface area contributed by atoms with Gasteiger partial charge in [-0.05, 0) is 26.0 Å². The van der Waals surface area contributed by atoms with E-state index in [1.54, 1.807) is 46.8 Å². The molecular formula is C18H22N4O3. The number of aromatic nitrogens is 4. The Balaban J connectivity index is 2.41. The highest BCUT2D eigenvalue weighted by Crippen LogP contribution is 2.24. The number of hydrogen-bond donors (Lipinski definition) is 0. The molecule has 0 aliphatic rings. The summed E-state index contributed by atoms with van der Waals surface area (Å²) >= 11 is 0. The highest BCUT2D eigenvalue weighted by molar-refractivity contribution is 6.27. The Morgan fingerprint density at radius 3 is 2.52 bits per heavy atom. The van der Waals surface area contributed by atoms with E-state index < -0.39 is 11.2 Å². The van der Waals surface area contributed by atoms with Crippen molar-refractivity contribution in [3.8, 4) is 5.82 Å². The van der Waals surface area contributed by atoms with Crippen molar-refractivity contribution in [3.63, 3.8) is 0 Å². The van der Waals surface area contributed by atoms with Gasteiger partial charge in [-0.25, -0.2) is 14.6 Å². The van der Waals surface area contributed by atoms with Crippen LogP contribution in [0.2, 0.25) is 0 Å². The van der Waals surface area contributed by atoms with E-state index in [2.05, 4.69) is 15.1 Å². The van der Waals surface area contributed by atoms with E-state index in [0.29, 0.717) is 23.7 Å². The van der Waals surface area contributed by atoms with Gasteiger partial charge in [0.05, 0.1) is 18.6 Å². The van der Waals surface area contributed by atoms with Gasteiger partial charge in [-0.3, -0.25) is 9.59 Å². The maximum absolute atomic E-state index is 12.9. The third kappa shape index (κ3) is 4.17. The lowest BCUT2D eigenvalue weighted by atomic mass is 9.84. The van der Waals surface area contributed by atoms with Crippen molar-refractivity contribution >= 4 is 11.6 Å². The number of Topliss-reactive ketones (excluding diaryl/α,β-unsaturated/α-hetero) is 2. The van der Waals surface area contributed by atoms with E-state index in [9.17, 15) is 9.59 Å². The van der Waals surface area contributed by atoms with Crippen molar-refractivity contribution in [2.45, 2.75) is 34.6 Å². The number of pyridine rings is 1. The molecular weight excluding hydrogens is 320 g/mol. The largest absolute Gasteiger partial charge is 0.501 e. The van der Waals surface area contributed by atoms with Crippen LogP contribution in [-0.2, 0) is 9.53 Å². The molecule has 0 unspecified atom stereocenters. The van der Waals surface area contributed by atoms with Crippen LogP contribution in [0.4, 0.5) is 0 Å². The van der Waals surface area contributed by atoms with Crippen molar-refractivity contribution < 1.29 is 14.3 Å². The number of carbonyl (C=O) groups excluding carboxylic acids is 2. The van der Waals surface area contributed by atoms with Crippen molar-refractivity contribution in [2.75, 3.05) is 6.61 Å². The SMILES string of the molecule is CCOC=C(C(=O)c1ccc(-n2cncn2)nc1C)C(=O)C(C)(C)C. The second-order valence-corrected chi connectivity index (χ2v) is 6.54. The molecule has 7 nitrogen and oxygen atoms in total. The third-order valence-electron chi connectivity index (χ3n) is 3.51. The second-order valence-electron chi connectivity index (χ2n) is 6.54. The first-order valence-corrected chi connectivity index (χ1v) is 7.99. The molecule has 0 atom stereocenters. The van der Waals surface area contributed by atoms with Crippen molar-refractivity contribution in [1.29, 1.82) is 0 Å². The summed E-state index contributed by atoms with van der Waals surface area (Å²) in [5.41, 5.74) is 0.183. The van der Waals surface area contributed by atoms with E-state index in [4.69, 9.17) is 4.74 Å². The summed E-state index contributed by atoms with van der Waals surface area (Å²) in [6.07, 6.45) is 4.18. The molecule has 0 bridgehead atoms. The third-order valence-corrected chi connectivity index (χ3v) is 3.51. The van der Waals surface area contributed by atoms with Gasteiger partial charge in [0.1, 0.15) is 18.2 Å². The first kappa shape index (κ1) is 18.5. The molecule has 0 radical (unpaired) electrons. The predicted octanol–water partition coefficient (Wildman–Crippen LogP) is 2.69. The van der Waals surface area contributed by atoms with E-state index in [0.717, 1.165) is 0 Å². The second kappa shape index (κ2) is 7.38. The summed E-state index contributed by atoms with van der Waals surface area (Å²) in [5.74, 6) is -0.127. The lowest BCUT2D eigenvalue weighted by Gasteiger charge is -2.18. The van der Waals surface area contributed by atoms with Gasteiger partial charge in [-0.1, -0.05) is 20.8 Å². The first-order valence-electron chi connectivity index (χ1n) is 7.99. The minimum atomic E-state index is -0.694. The number of ether oxygens (including phenoxy) is 1. The molecule has 0 amide bonds. The van der Waals surface area contributed by atoms with Crippen molar-refractivity contribution in [3.05, 3.63) is 47.9 Å². The van der Waals surface area contributed by atoms with Crippen LogP contribution in [0.1, 0.15) is 43.7 Å². The van der Waals surface area contributed by atoms with E-state index in [1.807, 2.05) is 0 Å². The Bertz CT molecular complexity index is 802. The average Bonchev–Trinajstić information content (AvgIpc) is 3.08. The molecule has 0 aromatic carbocycles. The molecule has 7 heteroatoms. The number of ketones is 2. The van der Waals surface area contributed by atoms with Crippen LogP contribution in [0, 0.1) is 12.3 Å². The number of hydrogen-bond acceptors (Lipinski definition) is 6. The Hall–Kier alpha value is -2.83. The number of carbonyl (C=O) groups is 2. The highest BCUT2D eigenvalue weighted by atomic mass is 16.5. The van der Waals surface area contributed by atoms with Crippen LogP contribution in [-0.4, -0.2) is 37.9 Å². The zero-order chi connectivity index (χ0) is 18.6. The molecule has 2 aromatic rings. The molecule has 0 spiro atoms. The fourth-order valence-corrected chi connectivity index (χ4v) is 2.17. The monoisotopic (exact) mass is 342 g/mol. The van der Waals surface area contributed by atoms with Crippen LogP contribution >= 0.6 is 0 Å². The summed E-state index contributed by atoms with van der Waals surface area (Å²) in [7, 11) is 0. The van der Waals surface area contributed by atoms with Crippen LogP contribution < -0.4 is 0 Å². The van der Waals surface area contributed by atoms with E-state index in [1.165, 1.54) is 23.6 Å². The number of aryl methyl sites for hydroxylation is 1. The predicted molar refractivity (Wildman–Crippen MR) is 92.4 cm³/mol. The smallest absolute Gasteiger partial charge is 0.201 e. The van der Waals surface area contributed by atoms with Gasteiger partial charge in [-0.15, -0.1) is 0 Å². The van der Waals surface area contributed by atoms with Gasteiger partial charge >= 0.3 is 0 Å². The molecule has 0 saturated heterocycles. The molecule has 132 valence electrons. The normalized spacial score (nSPS) is 12.1. The zero-order valence-corrected chi connectivity index (χ0v) is 15.1. The van der Waals surface area contributed by atoms with Crippen LogP contribution in [0.25, 0.3) is 5.82 Å². The molecule has 2 aromatic heterocycles. The summed E-state index contributed by atoms with van der Waals surface area (Å²) in [5, 5.41) is 4.01. The summed E-state index contributed by atoms with van der Waals surface area (Å²) in [6.45, 7) is 9.17. The van der Waals surface area contributed by atoms with Crippen LogP contribution in [0.3, 0.4) is 0 Å². The molecule has 2 heterocycles. The number of nitrogens with zero attached hydrogens (tertiary/aromatic N) is 4. The minimum absolute atomic E-state index is 0.0211. The van der Waals surface area contributed by atoms with Gasteiger partial charge in [0.25, 0.3) is 0 Å². The molecule has 25 heavy (non-hydrogen) atoms. The van der Waals surface area contributed by atoms with Gasteiger partial charge in [0.15, 0.2) is 11.6 Å². The van der Waals surface area contributed by atoms with Crippen molar-refractivity contribution in [2.24, 2.45) is 5.41 Å². The molecule has 0 saturated carbocycles. The van der Waals surface area contributed by atoms with Crippen LogP contribution in [0.15, 0.2) is 36.6 Å². The van der Waals surface area contributed by atoms with Gasteiger partial charge in [0.2, 0.25) is 5.78 Å². The number of allylic oxidation sites excluding steroid dienone is 1.